The highest BCUT2D eigenvalue weighted by molar-refractivity contribution is 6.29. The molecule has 1 fully saturated rings. The number of hydrogen-bond acceptors (Lipinski definition) is 5. The molecule has 116 valence electrons. The maximum atomic E-state index is 12.3. The average Bonchev–Trinajstić information content (AvgIpc) is 3.16. The minimum atomic E-state index is -0.112. The fourth-order valence-electron chi connectivity index (χ4n) is 2.63. The first-order chi connectivity index (χ1) is 10.6. The molecule has 0 N–H and O–H groups in total. The van der Waals surface area contributed by atoms with E-state index in [1.165, 1.54) is 0 Å². The Hall–Kier alpha value is -1.92. The topological polar surface area (TPSA) is 62.5 Å². The number of carbonyl (C=O) groups is 1. The fourth-order valence-corrected chi connectivity index (χ4v) is 2.78. The average molecular weight is 321 g/mol. The van der Waals surface area contributed by atoms with Gasteiger partial charge in [-0.15, -0.1) is 0 Å². The SMILES string of the molecule is CN(Cc1ncccn1)[C@@H]1CCN(C(=O)c2ccc(Cl)o2)C1. The lowest BCUT2D eigenvalue weighted by Gasteiger charge is -2.23. The molecule has 0 unspecified atom stereocenters. The van der Waals surface area contributed by atoms with Crippen LogP contribution in [0, 0.1) is 0 Å². The van der Waals surface area contributed by atoms with Gasteiger partial charge in [0.25, 0.3) is 5.91 Å². The van der Waals surface area contributed by atoms with Gasteiger partial charge >= 0.3 is 0 Å². The summed E-state index contributed by atoms with van der Waals surface area (Å²) in [5, 5.41) is 0.234. The van der Waals surface area contributed by atoms with Gasteiger partial charge in [0, 0.05) is 31.5 Å². The summed E-state index contributed by atoms with van der Waals surface area (Å²) in [6.07, 6.45) is 4.39. The zero-order valence-corrected chi connectivity index (χ0v) is 13.0. The number of rotatable bonds is 4. The van der Waals surface area contributed by atoms with E-state index in [4.69, 9.17) is 16.0 Å². The molecule has 1 aliphatic heterocycles. The second-order valence-electron chi connectivity index (χ2n) is 5.38. The maximum absolute atomic E-state index is 12.3. The normalized spacial score (nSPS) is 18.1. The number of likely N-dealkylation sites (N-methyl/N-ethyl adjacent to an activating group) is 1. The van der Waals surface area contributed by atoms with Crippen molar-refractivity contribution in [3.63, 3.8) is 0 Å². The van der Waals surface area contributed by atoms with Gasteiger partial charge in [-0.25, -0.2) is 9.97 Å². The Morgan fingerprint density at radius 2 is 2.23 bits per heavy atom. The standard InChI is InChI=1S/C15H17ClN4O2/c1-19(10-14-17-6-2-7-18-14)11-5-8-20(9-11)15(21)12-3-4-13(16)22-12/h2-4,6-7,11H,5,8-10H2,1H3/t11-/m1/s1. The predicted molar refractivity (Wildman–Crippen MR) is 81.5 cm³/mol. The number of furan rings is 1. The number of halogens is 1. The van der Waals surface area contributed by atoms with E-state index in [1.54, 1.807) is 35.5 Å². The van der Waals surface area contributed by atoms with Gasteiger partial charge in [-0.2, -0.15) is 0 Å². The molecule has 0 spiro atoms. The van der Waals surface area contributed by atoms with Crippen molar-refractivity contribution in [3.8, 4) is 0 Å². The maximum Gasteiger partial charge on any atom is 0.289 e. The Bertz CT molecular complexity index is 646. The van der Waals surface area contributed by atoms with Crippen LogP contribution < -0.4 is 0 Å². The van der Waals surface area contributed by atoms with Crippen LogP contribution in [0.2, 0.25) is 5.22 Å². The quantitative estimate of drug-likeness (QED) is 0.863. The molecule has 6 nitrogen and oxygen atoms in total. The second-order valence-corrected chi connectivity index (χ2v) is 5.75. The first kappa shape index (κ1) is 15.0. The third-order valence-corrected chi connectivity index (χ3v) is 4.07. The van der Waals surface area contributed by atoms with Crippen molar-refractivity contribution < 1.29 is 9.21 Å². The van der Waals surface area contributed by atoms with E-state index >= 15 is 0 Å². The van der Waals surface area contributed by atoms with Crippen LogP contribution in [0.15, 0.2) is 35.0 Å². The van der Waals surface area contributed by atoms with Crippen LogP contribution in [0.3, 0.4) is 0 Å². The van der Waals surface area contributed by atoms with Gasteiger partial charge in [-0.05, 0) is 43.3 Å². The van der Waals surface area contributed by atoms with Crippen molar-refractivity contribution in [2.45, 2.75) is 19.0 Å². The lowest BCUT2D eigenvalue weighted by molar-refractivity contribution is 0.0748. The lowest BCUT2D eigenvalue weighted by Crippen LogP contribution is -2.36. The molecule has 3 heterocycles. The minimum absolute atomic E-state index is 0.112. The summed E-state index contributed by atoms with van der Waals surface area (Å²) in [4.78, 5) is 24.8. The summed E-state index contributed by atoms with van der Waals surface area (Å²) >= 11 is 5.72. The Balaban J connectivity index is 1.58. The van der Waals surface area contributed by atoms with Crippen LogP contribution in [-0.4, -0.2) is 51.9 Å². The number of nitrogens with zero attached hydrogens (tertiary/aromatic N) is 4. The predicted octanol–water partition coefficient (Wildman–Crippen LogP) is 2.07. The summed E-state index contributed by atoms with van der Waals surface area (Å²) in [6.45, 7) is 2.04. The van der Waals surface area contributed by atoms with Crippen molar-refractivity contribution in [1.29, 1.82) is 0 Å². The zero-order chi connectivity index (χ0) is 15.5. The summed E-state index contributed by atoms with van der Waals surface area (Å²) in [5.41, 5.74) is 0. The summed E-state index contributed by atoms with van der Waals surface area (Å²) < 4.78 is 5.19. The molecule has 0 radical (unpaired) electrons. The molecule has 0 saturated carbocycles. The molecule has 0 aliphatic carbocycles. The van der Waals surface area contributed by atoms with Gasteiger partial charge in [0.15, 0.2) is 11.0 Å². The molecule has 0 aromatic carbocycles. The lowest BCUT2D eigenvalue weighted by atomic mass is 10.2. The van der Waals surface area contributed by atoms with Crippen LogP contribution in [-0.2, 0) is 6.54 Å². The van der Waals surface area contributed by atoms with Gasteiger partial charge in [-0.3, -0.25) is 9.69 Å². The van der Waals surface area contributed by atoms with E-state index in [1.807, 2.05) is 7.05 Å². The van der Waals surface area contributed by atoms with Gasteiger partial charge in [-0.1, -0.05) is 0 Å². The number of aromatic nitrogens is 2. The summed E-state index contributed by atoms with van der Waals surface area (Å²) in [7, 11) is 2.03. The largest absolute Gasteiger partial charge is 0.440 e. The van der Waals surface area contributed by atoms with Crippen molar-refractivity contribution in [3.05, 3.63) is 47.4 Å². The Morgan fingerprint density at radius 3 is 2.91 bits per heavy atom. The first-order valence-electron chi connectivity index (χ1n) is 7.14. The third-order valence-electron chi connectivity index (χ3n) is 3.87. The Kier molecular flexibility index (Phi) is 4.40. The highest BCUT2D eigenvalue weighted by Crippen LogP contribution is 2.20. The van der Waals surface area contributed by atoms with E-state index < -0.39 is 0 Å². The number of likely N-dealkylation sites (tertiary alicyclic amines) is 1. The van der Waals surface area contributed by atoms with Crippen molar-refractivity contribution >= 4 is 17.5 Å². The molecular weight excluding hydrogens is 304 g/mol. The molecule has 1 aliphatic rings. The minimum Gasteiger partial charge on any atom is -0.440 e. The second kappa shape index (κ2) is 6.46. The van der Waals surface area contributed by atoms with Gasteiger partial charge in [0.2, 0.25) is 0 Å². The zero-order valence-electron chi connectivity index (χ0n) is 12.3. The third kappa shape index (κ3) is 3.28. The summed E-state index contributed by atoms with van der Waals surface area (Å²) in [5.74, 6) is 0.964. The van der Waals surface area contributed by atoms with Crippen LogP contribution in [0.5, 0.6) is 0 Å². The van der Waals surface area contributed by atoms with Gasteiger partial charge in [0.1, 0.15) is 5.82 Å². The molecule has 7 heteroatoms. The van der Waals surface area contributed by atoms with Gasteiger partial charge in [0.05, 0.1) is 6.54 Å². The highest BCUT2D eigenvalue weighted by atomic mass is 35.5. The number of amides is 1. The van der Waals surface area contributed by atoms with Crippen molar-refractivity contribution in [2.24, 2.45) is 0 Å². The van der Waals surface area contributed by atoms with Crippen LogP contribution in [0.1, 0.15) is 22.8 Å². The first-order valence-corrected chi connectivity index (χ1v) is 7.52. The van der Waals surface area contributed by atoms with Crippen LogP contribution >= 0.6 is 11.6 Å². The molecular formula is C15H17ClN4O2. The molecule has 2 aromatic rings. The molecule has 2 aromatic heterocycles. The van der Waals surface area contributed by atoms with Crippen LogP contribution in [0.4, 0.5) is 0 Å². The Morgan fingerprint density at radius 1 is 1.45 bits per heavy atom. The van der Waals surface area contributed by atoms with Crippen molar-refractivity contribution in [2.75, 3.05) is 20.1 Å². The number of hydrogen-bond donors (Lipinski definition) is 0. The van der Waals surface area contributed by atoms with E-state index in [9.17, 15) is 4.79 Å². The molecule has 22 heavy (non-hydrogen) atoms. The van der Waals surface area contributed by atoms with E-state index in [2.05, 4.69) is 14.9 Å². The van der Waals surface area contributed by atoms with E-state index in [0.29, 0.717) is 25.4 Å². The molecule has 1 saturated heterocycles. The Labute approximate surface area is 133 Å². The van der Waals surface area contributed by atoms with Crippen molar-refractivity contribution in [1.82, 2.24) is 19.8 Å². The monoisotopic (exact) mass is 320 g/mol. The summed E-state index contributed by atoms with van der Waals surface area (Å²) in [6, 6.07) is 5.28. The van der Waals surface area contributed by atoms with Crippen LogP contribution in [0.25, 0.3) is 0 Å². The van der Waals surface area contributed by atoms with E-state index in [-0.39, 0.29) is 17.2 Å². The molecule has 1 atom stereocenters. The molecule has 0 bridgehead atoms. The number of carbonyl (C=O) groups excluding carboxylic acids is 1. The van der Waals surface area contributed by atoms with E-state index in [0.717, 1.165) is 12.2 Å². The highest BCUT2D eigenvalue weighted by Gasteiger charge is 2.30. The van der Waals surface area contributed by atoms with Gasteiger partial charge < -0.3 is 9.32 Å². The fraction of sp³-hybridized carbons (Fsp3) is 0.400. The smallest absolute Gasteiger partial charge is 0.289 e. The molecule has 1 amide bonds. The molecule has 3 rings (SSSR count).